The molecule has 0 aliphatic carbocycles. The highest BCUT2D eigenvalue weighted by Gasteiger charge is 2.30. The first-order chi connectivity index (χ1) is 13.9. The third-order valence-electron chi connectivity index (χ3n) is 3.65. The molecule has 9 N–H and O–H groups in total. The summed E-state index contributed by atoms with van der Waals surface area (Å²) in [5.74, 6) is -6.62. The quantitative estimate of drug-likeness (QED) is 0.115. The van der Waals surface area contributed by atoms with Gasteiger partial charge in [-0.1, -0.05) is 0 Å². The molecule has 4 unspecified atom stereocenters. The standard InChI is InChI=1S/C15H25N5O8S2/c16-6(4-29)12(24)19-8(3-10(17)21)13(25)20-9(5-30)14(26)18-7(15(27)28)1-2-11(22)23/h6-9,29-30H,1-5,16H2,(H2,17,21)(H,18,26)(H,19,24)(H,20,25)(H,22,23)(H,27,28). The second kappa shape index (κ2) is 13.7. The first kappa shape index (κ1) is 27.5. The van der Waals surface area contributed by atoms with E-state index in [-0.39, 0.29) is 17.9 Å². The maximum absolute atomic E-state index is 12.4. The minimum atomic E-state index is -1.51. The van der Waals surface area contributed by atoms with Crippen LogP contribution in [-0.4, -0.2) is 81.5 Å². The number of carbonyl (C=O) groups excluding carboxylic acids is 4. The number of amides is 4. The minimum absolute atomic E-state index is 0.0364. The van der Waals surface area contributed by atoms with Crippen molar-refractivity contribution in [3.05, 3.63) is 0 Å². The average molecular weight is 468 g/mol. The van der Waals surface area contributed by atoms with Crippen molar-refractivity contribution in [1.82, 2.24) is 16.0 Å². The summed E-state index contributed by atoms with van der Waals surface area (Å²) in [7, 11) is 0. The number of carboxylic acid groups (broad SMARTS) is 2. The zero-order chi connectivity index (χ0) is 23.4. The SMILES string of the molecule is NC(=O)CC(NC(=O)C(N)CS)C(=O)NC(CS)C(=O)NC(CCC(=O)O)C(=O)O. The minimum Gasteiger partial charge on any atom is -0.481 e. The lowest BCUT2D eigenvalue weighted by Gasteiger charge is -2.23. The third kappa shape index (κ3) is 10.3. The van der Waals surface area contributed by atoms with Crippen LogP contribution in [0.5, 0.6) is 0 Å². The number of carboxylic acids is 2. The predicted molar refractivity (Wildman–Crippen MR) is 110 cm³/mol. The van der Waals surface area contributed by atoms with Gasteiger partial charge in [-0.25, -0.2) is 4.79 Å². The maximum Gasteiger partial charge on any atom is 0.326 e. The number of carbonyl (C=O) groups is 6. The van der Waals surface area contributed by atoms with E-state index in [1.807, 2.05) is 0 Å². The van der Waals surface area contributed by atoms with Crippen LogP contribution in [0.3, 0.4) is 0 Å². The fourth-order valence-corrected chi connectivity index (χ4v) is 2.46. The smallest absolute Gasteiger partial charge is 0.326 e. The van der Waals surface area contributed by atoms with Gasteiger partial charge in [0, 0.05) is 17.9 Å². The van der Waals surface area contributed by atoms with Gasteiger partial charge in [0.25, 0.3) is 0 Å². The molecule has 30 heavy (non-hydrogen) atoms. The molecule has 0 saturated heterocycles. The fraction of sp³-hybridized carbons (Fsp3) is 0.600. The van der Waals surface area contributed by atoms with Gasteiger partial charge in [-0.2, -0.15) is 25.3 Å². The summed E-state index contributed by atoms with van der Waals surface area (Å²) in [5.41, 5.74) is 10.6. The van der Waals surface area contributed by atoms with E-state index in [0.29, 0.717) is 0 Å². The van der Waals surface area contributed by atoms with Crippen molar-refractivity contribution in [2.24, 2.45) is 11.5 Å². The van der Waals surface area contributed by atoms with Crippen molar-refractivity contribution in [3.8, 4) is 0 Å². The van der Waals surface area contributed by atoms with Crippen LogP contribution in [0.2, 0.25) is 0 Å². The molecule has 0 saturated carbocycles. The highest BCUT2D eigenvalue weighted by molar-refractivity contribution is 7.80. The highest BCUT2D eigenvalue weighted by atomic mass is 32.1. The summed E-state index contributed by atoms with van der Waals surface area (Å²) in [6.07, 6.45) is -1.48. The van der Waals surface area contributed by atoms with Gasteiger partial charge in [0.05, 0.1) is 12.5 Å². The molecule has 0 aliphatic rings. The van der Waals surface area contributed by atoms with Crippen molar-refractivity contribution >= 4 is 60.8 Å². The molecule has 4 amide bonds. The molecule has 15 heteroatoms. The molecule has 0 heterocycles. The number of aliphatic carboxylic acids is 2. The van der Waals surface area contributed by atoms with Crippen molar-refractivity contribution in [3.63, 3.8) is 0 Å². The van der Waals surface area contributed by atoms with Crippen LogP contribution < -0.4 is 27.4 Å². The van der Waals surface area contributed by atoms with E-state index in [2.05, 4.69) is 41.2 Å². The van der Waals surface area contributed by atoms with Gasteiger partial charge in [0.15, 0.2) is 0 Å². The van der Waals surface area contributed by atoms with Crippen molar-refractivity contribution in [2.45, 2.75) is 43.4 Å². The molecule has 0 aromatic carbocycles. The molecule has 0 aromatic heterocycles. The summed E-state index contributed by atoms with van der Waals surface area (Å²) in [5, 5.41) is 24.3. The number of nitrogens with two attached hydrogens (primary N) is 2. The summed E-state index contributed by atoms with van der Waals surface area (Å²) in [6.45, 7) is 0. The van der Waals surface area contributed by atoms with Gasteiger partial charge in [-0.3, -0.25) is 24.0 Å². The molecular formula is C15H25N5O8S2. The van der Waals surface area contributed by atoms with Crippen molar-refractivity contribution < 1.29 is 39.0 Å². The molecule has 0 aliphatic heterocycles. The van der Waals surface area contributed by atoms with Crippen molar-refractivity contribution in [1.29, 1.82) is 0 Å². The van der Waals surface area contributed by atoms with E-state index in [1.165, 1.54) is 0 Å². The summed E-state index contributed by atoms with van der Waals surface area (Å²) in [4.78, 5) is 69.6. The van der Waals surface area contributed by atoms with Gasteiger partial charge in [0.2, 0.25) is 23.6 Å². The van der Waals surface area contributed by atoms with E-state index < -0.39 is 72.6 Å². The Balaban J connectivity index is 5.20. The Hall–Kier alpha value is -2.52. The Morgan fingerprint density at radius 2 is 1.30 bits per heavy atom. The lowest BCUT2D eigenvalue weighted by atomic mass is 10.1. The number of thiol groups is 2. The summed E-state index contributed by atoms with van der Waals surface area (Å²) in [6, 6.07) is -5.37. The Labute approximate surface area is 182 Å². The van der Waals surface area contributed by atoms with E-state index in [9.17, 15) is 28.8 Å². The van der Waals surface area contributed by atoms with Gasteiger partial charge >= 0.3 is 11.9 Å². The molecule has 0 rings (SSSR count). The molecule has 0 radical (unpaired) electrons. The van der Waals surface area contributed by atoms with Gasteiger partial charge in [-0.05, 0) is 6.42 Å². The van der Waals surface area contributed by atoms with Crippen LogP contribution >= 0.6 is 25.3 Å². The van der Waals surface area contributed by atoms with Gasteiger partial charge < -0.3 is 37.6 Å². The molecule has 0 bridgehead atoms. The lowest BCUT2D eigenvalue weighted by Crippen LogP contribution is -2.58. The normalized spacial score (nSPS) is 14.5. The number of hydrogen-bond donors (Lipinski definition) is 9. The number of rotatable bonds is 14. The van der Waals surface area contributed by atoms with Crippen LogP contribution in [0.25, 0.3) is 0 Å². The molecular weight excluding hydrogens is 442 g/mol. The molecule has 0 spiro atoms. The number of nitrogens with one attached hydrogen (secondary N) is 3. The van der Waals surface area contributed by atoms with Gasteiger partial charge in [0.1, 0.15) is 18.1 Å². The second-order valence-corrected chi connectivity index (χ2v) is 6.83. The van der Waals surface area contributed by atoms with E-state index in [0.717, 1.165) is 0 Å². The first-order valence-corrected chi connectivity index (χ1v) is 9.80. The van der Waals surface area contributed by atoms with Crippen LogP contribution in [0.4, 0.5) is 0 Å². The van der Waals surface area contributed by atoms with E-state index in [4.69, 9.17) is 21.7 Å². The van der Waals surface area contributed by atoms with E-state index >= 15 is 0 Å². The Kier molecular flexibility index (Phi) is 12.5. The Morgan fingerprint density at radius 1 is 0.800 bits per heavy atom. The van der Waals surface area contributed by atoms with Crippen molar-refractivity contribution in [2.75, 3.05) is 11.5 Å². The maximum atomic E-state index is 12.4. The Morgan fingerprint density at radius 3 is 1.73 bits per heavy atom. The average Bonchev–Trinajstić information content (AvgIpc) is 2.66. The van der Waals surface area contributed by atoms with Gasteiger partial charge in [-0.15, -0.1) is 0 Å². The third-order valence-corrected chi connectivity index (χ3v) is 4.41. The summed E-state index contributed by atoms with van der Waals surface area (Å²) < 4.78 is 0. The molecule has 13 nitrogen and oxygen atoms in total. The predicted octanol–water partition coefficient (Wildman–Crippen LogP) is -3.55. The zero-order valence-corrected chi connectivity index (χ0v) is 17.5. The van der Waals surface area contributed by atoms with Crippen LogP contribution in [0, 0.1) is 0 Å². The largest absolute Gasteiger partial charge is 0.481 e. The monoisotopic (exact) mass is 467 g/mol. The first-order valence-electron chi connectivity index (χ1n) is 8.54. The molecule has 0 aromatic rings. The molecule has 4 atom stereocenters. The summed E-state index contributed by atoms with van der Waals surface area (Å²) >= 11 is 7.77. The zero-order valence-electron chi connectivity index (χ0n) is 15.7. The highest BCUT2D eigenvalue weighted by Crippen LogP contribution is 2.02. The lowest BCUT2D eigenvalue weighted by molar-refractivity contribution is -0.143. The number of primary amides is 1. The van der Waals surface area contributed by atoms with Crippen LogP contribution in [0.1, 0.15) is 19.3 Å². The van der Waals surface area contributed by atoms with E-state index in [1.54, 1.807) is 0 Å². The fourth-order valence-electron chi connectivity index (χ4n) is 2.04. The Bertz CT molecular complexity index is 677. The topological polar surface area (TPSA) is 231 Å². The second-order valence-electron chi connectivity index (χ2n) is 6.10. The number of hydrogen-bond acceptors (Lipinski definition) is 9. The molecule has 0 fully saturated rings. The van der Waals surface area contributed by atoms with Crippen LogP contribution in [0.15, 0.2) is 0 Å². The molecule has 170 valence electrons. The van der Waals surface area contributed by atoms with Crippen LogP contribution in [-0.2, 0) is 28.8 Å².